The van der Waals surface area contributed by atoms with Gasteiger partial charge in [0.2, 0.25) is 0 Å². The van der Waals surface area contributed by atoms with Crippen molar-refractivity contribution in [3.8, 4) is 0 Å². The second kappa shape index (κ2) is 6.01. The molecule has 1 aromatic carbocycles. The predicted octanol–water partition coefficient (Wildman–Crippen LogP) is 1.81. The average Bonchev–Trinajstić information content (AvgIpc) is 3.01. The van der Waals surface area contributed by atoms with Gasteiger partial charge < -0.3 is 15.1 Å². The van der Waals surface area contributed by atoms with E-state index in [9.17, 15) is 9.59 Å². The molecule has 1 aliphatic heterocycles. The van der Waals surface area contributed by atoms with E-state index in [-0.39, 0.29) is 17.6 Å². The van der Waals surface area contributed by atoms with Crippen LogP contribution in [0.2, 0.25) is 0 Å². The standard InChI is InChI=1S/C16H17N3O3/c1-2-10-7-11(22-19-10)8-17-16(21)14-9-18-15(20)13-6-4-3-5-12(13)14/h3-6,9,11H,2,7-8H2,1H3,(H,17,21)(H,18,20)/t11-/m1/s1. The molecule has 114 valence electrons. The molecule has 1 aliphatic rings. The number of H-pyrrole nitrogens is 1. The fourth-order valence-corrected chi connectivity index (χ4v) is 2.50. The molecular weight excluding hydrogens is 282 g/mol. The average molecular weight is 299 g/mol. The van der Waals surface area contributed by atoms with Crippen molar-refractivity contribution in [3.63, 3.8) is 0 Å². The third-order valence-electron chi connectivity index (χ3n) is 3.75. The Morgan fingerprint density at radius 1 is 1.41 bits per heavy atom. The van der Waals surface area contributed by atoms with Crippen LogP contribution < -0.4 is 10.9 Å². The van der Waals surface area contributed by atoms with Gasteiger partial charge in [-0.15, -0.1) is 0 Å². The number of benzene rings is 1. The highest BCUT2D eigenvalue weighted by Crippen LogP contribution is 2.15. The minimum Gasteiger partial charge on any atom is -0.390 e. The van der Waals surface area contributed by atoms with E-state index in [4.69, 9.17) is 4.84 Å². The van der Waals surface area contributed by atoms with Crippen molar-refractivity contribution in [1.29, 1.82) is 0 Å². The van der Waals surface area contributed by atoms with Crippen molar-refractivity contribution in [2.24, 2.45) is 5.16 Å². The number of amides is 1. The third kappa shape index (κ3) is 2.72. The van der Waals surface area contributed by atoms with Crippen LogP contribution in [0.3, 0.4) is 0 Å². The van der Waals surface area contributed by atoms with Crippen LogP contribution in [0.25, 0.3) is 10.8 Å². The van der Waals surface area contributed by atoms with E-state index < -0.39 is 0 Å². The second-order valence-corrected chi connectivity index (χ2v) is 5.23. The lowest BCUT2D eigenvalue weighted by atomic mass is 10.1. The van der Waals surface area contributed by atoms with Gasteiger partial charge >= 0.3 is 0 Å². The lowest BCUT2D eigenvalue weighted by Gasteiger charge is -2.11. The molecule has 1 aromatic heterocycles. The zero-order chi connectivity index (χ0) is 15.5. The van der Waals surface area contributed by atoms with Crippen LogP contribution in [0.5, 0.6) is 0 Å². The maximum atomic E-state index is 12.4. The summed E-state index contributed by atoms with van der Waals surface area (Å²) < 4.78 is 0. The van der Waals surface area contributed by atoms with E-state index in [2.05, 4.69) is 15.5 Å². The third-order valence-corrected chi connectivity index (χ3v) is 3.75. The minimum absolute atomic E-state index is 0.118. The highest BCUT2D eigenvalue weighted by Gasteiger charge is 2.21. The van der Waals surface area contributed by atoms with Crippen LogP contribution in [0, 0.1) is 0 Å². The van der Waals surface area contributed by atoms with Gasteiger partial charge in [-0.3, -0.25) is 9.59 Å². The highest BCUT2D eigenvalue weighted by atomic mass is 16.6. The monoisotopic (exact) mass is 299 g/mol. The topological polar surface area (TPSA) is 83.5 Å². The molecule has 0 saturated heterocycles. The van der Waals surface area contributed by atoms with Crippen molar-refractivity contribution >= 4 is 22.4 Å². The van der Waals surface area contributed by atoms with Crippen molar-refractivity contribution in [2.75, 3.05) is 6.54 Å². The number of pyridine rings is 1. The SMILES string of the molecule is CCC1=NO[C@@H](CNC(=O)c2c[nH]c(=O)c3ccccc23)C1. The van der Waals surface area contributed by atoms with Crippen molar-refractivity contribution < 1.29 is 9.63 Å². The van der Waals surface area contributed by atoms with E-state index in [1.807, 2.05) is 6.92 Å². The fourth-order valence-electron chi connectivity index (χ4n) is 2.50. The maximum absolute atomic E-state index is 12.4. The summed E-state index contributed by atoms with van der Waals surface area (Å²) in [6, 6.07) is 7.05. The number of carbonyl (C=O) groups excluding carboxylic acids is 1. The molecule has 22 heavy (non-hydrogen) atoms. The molecule has 0 aliphatic carbocycles. The molecule has 0 spiro atoms. The minimum atomic E-state index is -0.235. The lowest BCUT2D eigenvalue weighted by Crippen LogP contribution is -2.32. The number of hydrogen-bond acceptors (Lipinski definition) is 4. The van der Waals surface area contributed by atoms with Crippen LogP contribution in [0.1, 0.15) is 30.1 Å². The summed E-state index contributed by atoms with van der Waals surface area (Å²) in [6.07, 6.45) is 2.93. The van der Waals surface area contributed by atoms with E-state index in [0.29, 0.717) is 22.9 Å². The number of nitrogens with zero attached hydrogens (tertiary/aromatic N) is 1. The summed E-state index contributed by atoms with van der Waals surface area (Å²) in [5, 5.41) is 7.95. The Labute approximate surface area is 127 Å². The number of hydrogen-bond donors (Lipinski definition) is 2. The summed E-state index contributed by atoms with van der Waals surface area (Å²) in [5.41, 5.74) is 1.26. The Morgan fingerprint density at radius 2 is 2.18 bits per heavy atom. The van der Waals surface area contributed by atoms with Gasteiger partial charge in [0.05, 0.1) is 17.8 Å². The molecule has 2 N–H and O–H groups in total. The van der Waals surface area contributed by atoms with E-state index in [1.54, 1.807) is 24.3 Å². The Morgan fingerprint density at radius 3 is 2.91 bits per heavy atom. The summed E-state index contributed by atoms with van der Waals surface area (Å²) in [4.78, 5) is 32.0. The van der Waals surface area contributed by atoms with Gasteiger partial charge in [-0.05, 0) is 12.5 Å². The van der Waals surface area contributed by atoms with Crippen LogP contribution in [-0.2, 0) is 4.84 Å². The molecule has 0 radical (unpaired) electrons. The molecule has 1 amide bonds. The number of rotatable bonds is 4. The van der Waals surface area contributed by atoms with Crippen molar-refractivity contribution in [3.05, 3.63) is 46.4 Å². The van der Waals surface area contributed by atoms with Gasteiger partial charge in [-0.2, -0.15) is 0 Å². The molecule has 2 heterocycles. The Hall–Kier alpha value is -2.63. The van der Waals surface area contributed by atoms with Gasteiger partial charge in [0.1, 0.15) is 6.10 Å². The molecule has 0 unspecified atom stereocenters. The summed E-state index contributed by atoms with van der Waals surface area (Å²) in [6.45, 7) is 2.41. The van der Waals surface area contributed by atoms with Crippen LogP contribution in [0.15, 0.2) is 40.4 Å². The zero-order valence-electron chi connectivity index (χ0n) is 12.3. The molecule has 0 saturated carbocycles. The number of aromatic nitrogens is 1. The normalized spacial score (nSPS) is 17.1. The van der Waals surface area contributed by atoms with E-state index >= 15 is 0 Å². The largest absolute Gasteiger partial charge is 0.390 e. The Bertz CT molecular complexity index is 795. The Balaban J connectivity index is 1.74. The van der Waals surface area contributed by atoms with Crippen LogP contribution in [-0.4, -0.2) is 29.3 Å². The zero-order valence-corrected chi connectivity index (χ0v) is 12.3. The molecular formula is C16H17N3O3. The fraction of sp³-hybridized carbons (Fsp3) is 0.312. The van der Waals surface area contributed by atoms with Gasteiger partial charge in [-0.25, -0.2) is 0 Å². The molecule has 6 nitrogen and oxygen atoms in total. The summed E-state index contributed by atoms with van der Waals surface area (Å²) in [5.74, 6) is -0.235. The quantitative estimate of drug-likeness (QED) is 0.903. The molecule has 0 bridgehead atoms. The number of carbonyl (C=O) groups is 1. The number of nitrogens with one attached hydrogen (secondary N) is 2. The summed E-state index contributed by atoms with van der Waals surface area (Å²) >= 11 is 0. The maximum Gasteiger partial charge on any atom is 0.255 e. The first-order valence-electron chi connectivity index (χ1n) is 7.29. The number of aromatic amines is 1. The van der Waals surface area contributed by atoms with Gasteiger partial charge in [0.15, 0.2) is 0 Å². The molecule has 0 fully saturated rings. The van der Waals surface area contributed by atoms with Gasteiger partial charge in [-0.1, -0.05) is 30.3 Å². The molecule has 2 aromatic rings. The highest BCUT2D eigenvalue weighted by molar-refractivity contribution is 6.06. The lowest BCUT2D eigenvalue weighted by molar-refractivity contribution is 0.0754. The molecule has 1 atom stereocenters. The number of oxime groups is 1. The molecule has 6 heteroatoms. The first-order valence-corrected chi connectivity index (χ1v) is 7.29. The van der Waals surface area contributed by atoms with Gasteiger partial charge in [0, 0.05) is 23.4 Å². The second-order valence-electron chi connectivity index (χ2n) is 5.23. The van der Waals surface area contributed by atoms with Crippen LogP contribution in [0.4, 0.5) is 0 Å². The Kier molecular flexibility index (Phi) is 3.91. The van der Waals surface area contributed by atoms with Gasteiger partial charge in [0.25, 0.3) is 11.5 Å². The molecule has 3 rings (SSSR count). The number of fused-ring (bicyclic) bond motifs is 1. The van der Waals surface area contributed by atoms with E-state index in [0.717, 1.165) is 18.6 Å². The first-order chi connectivity index (χ1) is 10.7. The smallest absolute Gasteiger partial charge is 0.255 e. The van der Waals surface area contributed by atoms with Crippen molar-refractivity contribution in [2.45, 2.75) is 25.9 Å². The van der Waals surface area contributed by atoms with Crippen molar-refractivity contribution in [1.82, 2.24) is 10.3 Å². The van der Waals surface area contributed by atoms with Crippen LogP contribution >= 0.6 is 0 Å². The predicted molar refractivity (Wildman–Crippen MR) is 84.1 cm³/mol. The first kappa shape index (κ1) is 14.3. The van der Waals surface area contributed by atoms with E-state index in [1.165, 1.54) is 6.20 Å². The summed E-state index contributed by atoms with van der Waals surface area (Å²) in [7, 11) is 0.